The van der Waals surface area contributed by atoms with E-state index < -0.39 is 0 Å². The first-order valence-corrected chi connectivity index (χ1v) is 4.19. The van der Waals surface area contributed by atoms with E-state index >= 15 is 0 Å². The van der Waals surface area contributed by atoms with E-state index in [1.54, 1.807) is 4.90 Å². The van der Waals surface area contributed by atoms with Crippen LogP contribution in [0.4, 0.5) is 6.01 Å². The first-order chi connectivity index (χ1) is 6.19. The Balaban J connectivity index is 2.78. The first kappa shape index (κ1) is 9.57. The molecule has 0 aliphatic rings. The molecule has 0 saturated heterocycles. The Kier molecular flexibility index (Phi) is 2.89. The number of nitrogens with zero attached hydrogens (tertiary/aromatic N) is 2. The van der Waals surface area contributed by atoms with Gasteiger partial charge in [0.2, 0.25) is 0 Å². The SMILES string of the molecule is CCN(CC)C(=O)c1coc(N)n1. The summed E-state index contributed by atoms with van der Waals surface area (Å²) in [5.41, 5.74) is 5.52. The summed E-state index contributed by atoms with van der Waals surface area (Å²) >= 11 is 0. The number of amides is 1. The van der Waals surface area contributed by atoms with Gasteiger partial charge >= 0.3 is 0 Å². The van der Waals surface area contributed by atoms with Crippen LogP contribution < -0.4 is 5.73 Å². The average Bonchev–Trinajstić information content (AvgIpc) is 2.54. The summed E-state index contributed by atoms with van der Waals surface area (Å²) < 4.78 is 4.74. The van der Waals surface area contributed by atoms with Crippen molar-refractivity contribution < 1.29 is 9.21 Å². The number of oxazole rings is 1. The van der Waals surface area contributed by atoms with E-state index in [4.69, 9.17) is 10.2 Å². The van der Waals surface area contributed by atoms with Gasteiger partial charge in [0.25, 0.3) is 11.9 Å². The summed E-state index contributed by atoms with van der Waals surface area (Å²) in [6, 6.07) is 0.0236. The number of aromatic nitrogens is 1. The Morgan fingerprint density at radius 3 is 2.62 bits per heavy atom. The lowest BCUT2D eigenvalue weighted by Crippen LogP contribution is -2.30. The molecule has 1 amide bonds. The molecule has 0 radical (unpaired) electrons. The van der Waals surface area contributed by atoms with Crippen LogP contribution in [0.25, 0.3) is 0 Å². The van der Waals surface area contributed by atoms with Gasteiger partial charge in [-0.05, 0) is 13.8 Å². The van der Waals surface area contributed by atoms with Crippen molar-refractivity contribution in [1.29, 1.82) is 0 Å². The lowest BCUT2D eigenvalue weighted by Gasteiger charge is -2.16. The van der Waals surface area contributed by atoms with Gasteiger partial charge in [0.1, 0.15) is 6.26 Å². The molecule has 5 nitrogen and oxygen atoms in total. The molecule has 1 aromatic rings. The van der Waals surface area contributed by atoms with E-state index in [0.717, 1.165) is 0 Å². The highest BCUT2D eigenvalue weighted by Crippen LogP contribution is 2.06. The maximum atomic E-state index is 11.6. The van der Waals surface area contributed by atoms with Crippen molar-refractivity contribution in [2.24, 2.45) is 0 Å². The van der Waals surface area contributed by atoms with Crippen LogP contribution in [0.15, 0.2) is 10.7 Å². The minimum absolute atomic E-state index is 0.0236. The number of anilines is 1. The molecule has 0 unspecified atom stereocenters. The number of nitrogens with two attached hydrogens (primary N) is 1. The third kappa shape index (κ3) is 1.99. The van der Waals surface area contributed by atoms with Crippen LogP contribution >= 0.6 is 0 Å². The summed E-state index contributed by atoms with van der Waals surface area (Å²) in [6.07, 6.45) is 1.27. The Morgan fingerprint density at radius 2 is 2.23 bits per heavy atom. The third-order valence-corrected chi connectivity index (χ3v) is 1.79. The van der Waals surface area contributed by atoms with Crippen LogP contribution in [0.1, 0.15) is 24.3 Å². The second kappa shape index (κ2) is 3.93. The van der Waals surface area contributed by atoms with E-state index in [1.807, 2.05) is 13.8 Å². The smallest absolute Gasteiger partial charge is 0.292 e. The zero-order valence-electron chi connectivity index (χ0n) is 7.78. The molecule has 0 spiro atoms. The number of carbonyl (C=O) groups is 1. The second-order valence-corrected chi connectivity index (χ2v) is 2.55. The Bertz CT molecular complexity index is 291. The first-order valence-electron chi connectivity index (χ1n) is 4.19. The number of rotatable bonds is 3. The van der Waals surface area contributed by atoms with Crippen molar-refractivity contribution in [2.45, 2.75) is 13.8 Å². The summed E-state index contributed by atoms with van der Waals surface area (Å²) in [6.45, 7) is 5.12. The number of carbonyl (C=O) groups excluding carboxylic acids is 1. The van der Waals surface area contributed by atoms with E-state index in [0.29, 0.717) is 13.1 Å². The summed E-state index contributed by atoms with van der Waals surface area (Å²) in [4.78, 5) is 17.0. The fourth-order valence-electron chi connectivity index (χ4n) is 1.06. The van der Waals surface area contributed by atoms with Crippen molar-refractivity contribution in [3.05, 3.63) is 12.0 Å². The van der Waals surface area contributed by atoms with Crippen LogP contribution in [-0.4, -0.2) is 28.9 Å². The number of hydrogen-bond acceptors (Lipinski definition) is 4. The highest BCUT2D eigenvalue weighted by atomic mass is 16.4. The molecule has 1 aromatic heterocycles. The largest absolute Gasteiger partial charge is 0.431 e. The summed E-state index contributed by atoms with van der Waals surface area (Å²) in [5.74, 6) is -0.148. The molecule has 1 rings (SSSR count). The lowest BCUT2D eigenvalue weighted by atomic mass is 10.4. The lowest BCUT2D eigenvalue weighted by molar-refractivity contribution is 0.0767. The van der Waals surface area contributed by atoms with Gasteiger partial charge in [0.15, 0.2) is 5.69 Å². The molecule has 0 fully saturated rings. The van der Waals surface area contributed by atoms with Gasteiger partial charge in [0, 0.05) is 13.1 Å². The van der Waals surface area contributed by atoms with Crippen molar-refractivity contribution in [3.8, 4) is 0 Å². The monoisotopic (exact) mass is 183 g/mol. The maximum absolute atomic E-state index is 11.6. The predicted molar refractivity (Wildman–Crippen MR) is 48.2 cm³/mol. The highest BCUT2D eigenvalue weighted by molar-refractivity contribution is 5.92. The maximum Gasteiger partial charge on any atom is 0.292 e. The fourth-order valence-corrected chi connectivity index (χ4v) is 1.06. The van der Waals surface area contributed by atoms with Crippen LogP contribution in [0.3, 0.4) is 0 Å². The van der Waals surface area contributed by atoms with Gasteiger partial charge in [-0.2, -0.15) is 4.98 Å². The van der Waals surface area contributed by atoms with Gasteiger partial charge in [-0.1, -0.05) is 0 Å². The molecule has 0 bridgehead atoms. The minimum atomic E-state index is -0.148. The Labute approximate surface area is 76.5 Å². The van der Waals surface area contributed by atoms with Crippen molar-refractivity contribution in [2.75, 3.05) is 18.8 Å². The van der Waals surface area contributed by atoms with Gasteiger partial charge in [-0.3, -0.25) is 4.79 Å². The molecule has 0 aromatic carbocycles. The molecular weight excluding hydrogens is 170 g/mol. The Hall–Kier alpha value is -1.52. The van der Waals surface area contributed by atoms with Gasteiger partial charge < -0.3 is 15.1 Å². The van der Waals surface area contributed by atoms with Crippen molar-refractivity contribution in [3.63, 3.8) is 0 Å². The Morgan fingerprint density at radius 1 is 1.62 bits per heavy atom. The van der Waals surface area contributed by atoms with Gasteiger partial charge in [-0.15, -0.1) is 0 Å². The molecule has 2 N–H and O–H groups in total. The molecule has 13 heavy (non-hydrogen) atoms. The molecule has 0 atom stereocenters. The predicted octanol–water partition coefficient (Wildman–Crippen LogP) is 0.739. The molecule has 0 aliphatic heterocycles. The van der Waals surface area contributed by atoms with E-state index in [-0.39, 0.29) is 17.6 Å². The average molecular weight is 183 g/mol. The second-order valence-electron chi connectivity index (χ2n) is 2.55. The van der Waals surface area contributed by atoms with Crippen LogP contribution in [0, 0.1) is 0 Å². The van der Waals surface area contributed by atoms with Crippen LogP contribution in [0.2, 0.25) is 0 Å². The van der Waals surface area contributed by atoms with Crippen LogP contribution in [-0.2, 0) is 0 Å². The molecule has 1 heterocycles. The summed E-state index contributed by atoms with van der Waals surface area (Å²) in [7, 11) is 0. The molecule has 0 aliphatic carbocycles. The molecule has 72 valence electrons. The zero-order chi connectivity index (χ0) is 9.84. The molecule has 0 saturated carbocycles. The minimum Gasteiger partial charge on any atom is -0.431 e. The fraction of sp³-hybridized carbons (Fsp3) is 0.500. The van der Waals surface area contributed by atoms with Crippen molar-refractivity contribution >= 4 is 11.9 Å². The normalized spacial score (nSPS) is 10.0. The van der Waals surface area contributed by atoms with Crippen molar-refractivity contribution in [1.82, 2.24) is 9.88 Å². The van der Waals surface area contributed by atoms with E-state index in [9.17, 15) is 4.79 Å². The topological polar surface area (TPSA) is 72.4 Å². The van der Waals surface area contributed by atoms with Crippen LogP contribution in [0.5, 0.6) is 0 Å². The van der Waals surface area contributed by atoms with E-state index in [1.165, 1.54) is 6.26 Å². The molecule has 5 heteroatoms. The standard InChI is InChI=1S/C8H13N3O2/c1-3-11(4-2)7(12)6-5-13-8(9)10-6/h5H,3-4H2,1-2H3,(H2,9,10). The van der Waals surface area contributed by atoms with Gasteiger partial charge in [0.05, 0.1) is 0 Å². The third-order valence-electron chi connectivity index (χ3n) is 1.79. The highest BCUT2D eigenvalue weighted by Gasteiger charge is 2.15. The quantitative estimate of drug-likeness (QED) is 0.750. The number of nitrogen functional groups attached to an aromatic ring is 1. The van der Waals surface area contributed by atoms with Gasteiger partial charge in [-0.25, -0.2) is 0 Å². The number of hydrogen-bond donors (Lipinski definition) is 1. The molecular formula is C8H13N3O2. The summed E-state index contributed by atoms with van der Waals surface area (Å²) in [5, 5.41) is 0. The zero-order valence-corrected chi connectivity index (χ0v) is 7.78. The van der Waals surface area contributed by atoms with E-state index in [2.05, 4.69) is 4.98 Å².